The Morgan fingerprint density at radius 2 is 1.75 bits per heavy atom. The number of nitrogens with one attached hydrogen (secondary N) is 1. The first-order chi connectivity index (χ1) is 11.0. The standard InChI is InChI=1S/C18H22F2N2O.ClH/c1-13-6-7-16(15-5-3-2-4-14(13)15)17(18(19,20)12-23)22-10-8-21-9-11-22;/h2-7,17,21,23H,8-12H2,1H3;1H/t17-;/m1./s1. The zero-order valence-corrected chi connectivity index (χ0v) is 14.5. The minimum absolute atomic E-state index is 0. The lowest BCUT2D eigenvalue weighted by atomic mass is 9.91. The predicted molar refractivity (Wildman–Crippen MR) is 95.1 cm³/mol. The van der Waals surface area contributed by atoms with Gasteiger partial charge in [-0.2, -0.15) is 0 Å². The first kappa shape index (κ1) is 19.1. The van der Waals surface area contributed by atoms with E-state index in [2.05, 4.69) is 5.32 Å². The molecule has 0 amide bonds. The zero-order chi connectivity index (χ0) is 16.4. The van der Waals surface area contributed by atoms with E-state index in [-0.39, 0.29) is 12.4 Å². The topological polar surface area (TPSA) is 35.5 Å². The Bertz CT molecular complexity index is 690. The molecule has 2 aromatic carbocycles. The highest BCUT2D eigenvalue weighted by molar-refractivity contribution is 5.89. The molecule has 0 radical (unpaired) electrons. The molecule has 1 heterocycles. The van der Waals surface area contributed by atoms with Crippen LogP contribution in [0.1, 0.15) is 17.2 Å². The molecule has 1 aliphatic heterocycles. The lowest BCUT2D eigenvalue weighted by Gasteiger charge is -2.39. The van der Waals surface area contributed by atoms with Gasteiger partial charge in [-0.3, -0.25) is 4.90 Å². The maximum atomic E-state index is 14.6. The van der Waals surface area contributed by atoms with Crippen molar-refractivity contribution >= 4 is 23.2 Å². The molecule has 0 saturated carbocycles. The van der Waals surface area contributed by atoms with Crippen LogP contribution in [0.2, 0.25) is 0 Å². The van der Waals surface area contributed by atoms with Gasteiger partial charge in [0.25, 0.3) is 5.92 Å². The van der Waals surface area contributed by atoms with Crippen LogP contribution in [0.4, 0.5) is 8.78 Å². The molecular formula is C18H23ClF2N2O. The van der Waals surface area contributed by atoms with Crippen molar-refractivity contribution in [1.29, 1.82) is 0 Å². The van der Waals surface area contributed by atoms with Gasteiger partial charge in [0.2, 0.25) is 0 Å². The number of fused-ring (bicyclic) bond motifs is 1. The molecule has 0 aromatic heterocycles. The van der Waals surface area contributed by atoms with Crippen molar-refractivity contribution in [2.75, 3.05) is 32.8 Å². The summed E-state index contributed by atoms with van der Waals surface area (Å²) in [5.74, 6) is -3.19. The Morgan fingerprint density at radius 1 is 1.12 bits per heavy atom. The number of halogens is 3. The minimum Gasteiger partial charge on any atom is -0.390 e. The van der Waals surface area contributed by atoms with Gasteiger partial charge in [0, 0.05) is 26.2 Å². The van der Waals surface area contributed by atoms with E-state index < -0.39 is 18.6 Å². The van der Waals surface area contributed by atoms with Gasteiger partial charge in [-0.05, 0) is 28.8 Å². The van der Waals surface area contributed by atoms with Crippen LogP contribution in [-0.4, -0.2) is 48.7 Å². The molecule has 1 saturated heterocycles. The Labute approximate surface area is 147 Å². The van der Waals surface area contributed by atoms with Gasteiger partial charge < -0.3 is 10.4 Å². The highest BCUT2D eigenvalue weighted by Gasteiger charge is 2.44. The SMILES string of the molecule is Cc1ccc([C@@H](N2CCNCC2)C(F)(F)CO)c2ccccc12.Cl. The number of hydrogen-bond donors (Lipinski definition) is 2. The second kappa shape index (κ2) is 7.74. The molecule has 3 nitrogen and oxygen atoms in total. The number of rotatable bonds is 4. The van der Waals surface area contributed by atoms with Crippen molar-refractivity contribution < 1.29 is 13.9 Å². The Hall–Kier alpha value is -1.27. The molecular weight excluding hydrogens is 334 g/mol. The normalized spacial score (nSPS) is 17.5. The van der Waals surface area contributed by atoms with Gasteiger partial charge in [0.05, 0.1) is 0 Å². The predicted octanol–water partition coefficient (Wildman–Crippen LogP) is 3.14. The molecule has 132 valence electrons. The third kappa shape index (κ3) is 3.54. The summed E-state index contributed by atoms with van der Waals surface area (Å²) in [6.07, 6.45) is 0. The van der Waals surface area contributed by atoms with Crippen LogP contribution in [0.5, 0.6) is 0 Å². The third-order valence-corrected chi connectivity index (χ3v) is 4.60. The highest BCUT2D eigenvalue weighted by Crippen LogP contribution is 2.40. The van der Waals surface area contributed by atoms with Gasteiger partial charge in [-0.1, -0.05) is 36.4 Å². The summed E-state index contributed by atoms with van der Waals surface area (Å²) in [7, 11) is 0. The van der Waals surface area contributed by atoms with Crippen LogP contribution >= 0.6 is 12.4 Å². The molecule has 1 fully saturated rings. The largest absolute Gasteiger partial charge is 0.390 e. The van der Waals surface area contributed by atoms with Crippen LogP contribution in [-0.2, 0) is 0 Å². The number of alkyl halides is 2. The minimum atomic E-state index is -3.19. The van der Waals surface area contributed by atoms with Crippen molar-refractivity contribution in [2.24, 2.45) is 0 Å². The van der Waals surface area contributed by atoms with Crippen LogP contribution < -0.4 is 5.32 Å². The Kier molecular flexibility index (Phi) is 6.15. The van der Waals surface area contributed by atoms with Crippen molar-refractivity contribution in [2.45, 2.75) is 18.9 Å². The maximum absolute atomic E-state index is 14.6. The first-order valence-corrected chi connectivity index (χ1v) is 7.96. The van der Waals surface area contributed by atoms with Gasteiger partial charge in [0.15, 0.2) is 0 Å². The average molecular weight is 357 g/mol. The van der Waals surface area contributed by atoms with Crippen LogP contribution in [0, 0.1) is 6.92 Å². The Morgan fingerprint density at radius 3 is 2.38 bits per heavy atom. The molecule has 3 rings (SSSR count). The summed E-state index contributed by atoms with van der Waals surface area (Å²) >= 11 is 0. The van der Waals surface area contributed by atoms with Gasteiger partial charge >= 0.3 is 0 Å². The van der Waals surface area contributed by atoms with E-state index in [4.69, 9.17) is 0 Å². The van der Waals surface area contributed by atoms with E-state index in [0.29, 0.717) is 31.7 Å². The first-order valence-electron chi connectivity index (χ1n) is 7.96. The molecule has 0 spiro atoms. The van der Waals surface area contributed by atoms with E-state index in [0.717, 1.165) is 16.3 Å². The number of aryl methyl sites for hydroxylation is 1. The second-order valence-corrected chi connectivity index (χ2v) is 6.12. The van der Waals surface area contributed by atoms with Crippen LogP contribution in [0.15, 0.2) is 36.4 Å². The maximum Gasteiger partial charge on any atom is 0.289 e. The molecule has 1 aliphatic rings. The molecule has 0 aliphatic carbocycles. The molecule has 24 heavy (non-hydrogen) atoms. The van der Waals surface area contributed by atoms with E-state index in [9.17, 15) is 13.9 Å². The lowest BCUT2D eigenvalue weighted by Crippen LogP contribution is -2.51. The average Bonchev–Trinajstić information content (AvgIpc) is 2.58. The molecule has 1 atom stereocenters. The second-order valence-electron chi connectivity index (χ2n) is 6.12. The molecule has 2 N–H and O–H groups in total. The van der Waals surface area contributed by atoms with E-state index >= 15 is 0 Å². The van der Waals surface area contributed by atoms with Crippen molar-refractivity contribution in [3.63, 3.8) is 0 Å². The molecule has 0 unspecified atom stereocenters. The van der Waals surface area contributed by atoms with Crippen LogP contribution in [0.3, 0.4) is 0 Å². The van der Waals surface area contributed by atoms with E-state index in [1.54, 1.807) is 11.0 Å². The fourth-order valence-corrected chi connectivity index (χ4v) is 3.43. The molecule has 2 aromatic rings. The van der Waals surface area contributed by atoms with Gasteiger partial charge in [-0.15, -0.1) is 12.4 Å². The molecule has 6 heteroatoms. The number of nitrogens with zero attached hydrogens (tertiary/aromatic N) is 1. The van der Waals surface area contributed by atoms with Crippen molar-refractivity contribution in [1.82, 2.24) is 10.2 Å². The Balaban J connectivity index is 0.00000208. The van der Waals surface area contributed by atoms with E-state index in [1.165, 1.54) is 0 Å². The fourth-order valence-electron chi connectivity index (χ4n) is 3.43. The fraction of sp³-hybridized carbons (Fsp3) is 0.444. The quantitative estimate of drug-likeness (QED) is 0.883. The highest BCUT2D eigenvalue weighted by atomic mass is 35.5. The zero-order valence-electron chi connectivity index (χ0n) is 13.6. The smallest absolute Gasteiger partial charge is 0.289 e. The summed E-state index contributed by atoms with van der Waals surface area (Å²) < 4.78 is 29.2. The third-order valence-electron chi connectivity index (χ3n) is 4.60. The monoisotopic (exact) mass is 356 g/mol. The van der Waals surface area contributed by atoms with Crippen molar-refractivity contribution in [3.05, 3.63) is 47.5 Å². The van der Waals surface area contributed by atoms with Gasteiger partial charge in [0.1, 0.15) is 12.6 Å². The molecule has 0 bridgehead atoms. The van der Waals surface area contributed by atoms with Gasteiger partial charge in [-0.25, -0.2) is 8.78 Å². The number of aliphatic hydroxyl groups excluding tert-OH is 1. The van der Waals surface area contributed by atoms with Crippen molar-refractivity contribution in [3.8, 4) is 0 Å². The summed E-state index contributed by atoms with van der Waals surface area (Å²) in [4.78, 5) is 1.78. The summed E-state index contributed by atoms with van der Waals surface area (Å²) in [6.45, 7) is 3.29. The number of benzene rings is 2. The summed E-state index contributed by atoms with van der Waals surface area (Å²) in [5, 5.41) is 14.3. The van der Waals surface area contributed by atoms with E-state index in [1.807, 2.05) is 37.3 Å². The summed E-state index contributed by atoms with van der Waals surface area (Å²) in [6, 6.07) is 10.2. The number of aliphatic hydroxyl groups is 1. The summed E-state index contributed by atoms with van der Waals surface area (Å²) in [5.41, 5.74) is 1.66. The number of hydrogen-bond acceptors (Lipinski definition) is 3. The lowest BCUT2D eigenvalue weighted by molar-refractivity contribution is -0.118. The van der Waals surface area contributed by atoms with Crippen LogP contribution in [0.25, 0.3) is 10.8 Å². The number of piperazine rings is 1.